The van der Waals surface area contributed by atoms with Crippen LogP contribution < -0.4 is 10.6 Å². The normalized spacial score (nSPS) is 15.2. The van der Waals surface area contributed by atoms with Gasteiger partial charge in [-0.3, -0.25) is 9.48 Å². The van der Waals surface area contributed by atoms with Gasteiger partial charge in [0.2, 0.25) is 0 Å². The van der Waals surface area contributed by atoms with E-state index in [1.54, 1.807) is 21.8 Å². The summed E-state index contributed by atoms with van der Waals surface area (Å²) >= 11 is 0. The summed E-state index contributed by atoms with van der Waals surface area (Å²) < 4.78 is 3.45. The van der Waals surface area contributed by atoms with Gasteiger partial charge < -0.3 is 10.6 Å². The van der Waals surface area contributed by atoms with Gasteiger partial charge in [0.05, 0.1) is 24.5 Å². The van der Waals surface area contributed by atoms with E-state index in [1.807, 2.05) is 13.1 Å². The van der Waals surface area contributed by atoms with Crippen LogP contribution in [0.5, 0.6) is 0 Å². The fraction of sp³-hybridized carbons (Fsp3) is 0.455. The summed E-state index contributed by atoms with van der Waals surface area (Å²) in [5.74, 6) is -0.222. The van der Waals surface area contributed by atoms with Crippen molar-refractivity contribution in [2.45, 2.75) is 12.6 Å². The molecule has 8 nitrogen and oxygen atoms in total. The minimum atomic E-state index is -0.222. The molecule has 0 aliphatic carbocycles. The van der Waals surface area contributed by atoms with Crippen molar-refractivity contribution in [3.05, 3.63) is 29.8 Å². The van der Waals surface area contributed by atoms with Gasteiger partial charge in [-0.1, -0.05) is 5.21 Å². The molecule has 100 valence electrons. The van der Waals surface area contributed by atoms with E-state index >= 15 is 0 Å². The van der Waals surface area contributed by atoms with Crippen LogP contribution in [-0.2, 0) is 13.6 Å². The fourth-order valence-corrected chi connectivity index (χ4v) is 1.86. The van der Waals surface area contributed by atoms with Crippen LogP contribution >= 0.6 is 0 Å². The zero-order valence-electron chi connectivity index (χ0n) is 10.6. The highest BCUT2D eigenvalue weighted by Crippen LogP contribution is 2.09. The molecule has 3 heterocycles. The third kappa shape index (κ3) is 2.34. The molecule has 19 heavy (non-hydrogen) atoms. The minimum absolute atomic E-state index is 0.222. The smallest absolute Gasteiger partial charge is 0.273 e. The van der Waals surface area contributed by atoms with Crippen LogP contribution in [0.2, 0.25) is 0 Å². The van der Waals surface area contributed by atoms with E-state index in [2.05, 4.69) is 26.0 Å². The molecule has 1 fully saturated rings. The van der Waals surface area contributed by atoms with Crippen molar-refractivity contribution < 1.29 is 4.79 Å². The lowest BCUT2D eigenvalue weighted by molar-refractivity contribution is 0.0945. The standard InChI is InChI=1S/C11H15N7O/c1-17-8(2-3-14-17)6-13-11(19)10-7-18(16-15-10)9-4-12-5-9/h2-3,7,9,12H,4-6H2,1H3,(H,13,19). The summed E-state index contributed by atoms with van der Waals surface area (Å²) in [7, 11) is 1.83. The van der Waals surface area contributed by atoms with Crippen LogP contribution in [0.1, 0.15) is 22.2 Å². The number of nitrogens with zero attached hydrogens (tertiary/aromatic N) is 5. The quantitative estimate of drug-likeness (QED) is 0.743. The van der Waals surface area contributed by atoms with E-state index < -0.39 is 0 Å². The predicted molar refractivity (Wildman–Crippen MR) is 66.3 cm³/mol. The SMILES string of the molecule is Cn1nccc1CNC(=O)c1cn(C2CNC2)nn1. The molecule has 2 aromatic rings. The highest BCUT2D eigenvalue weighted by Gasteiger charge is 2.21. The maximum atomic E-state index is 11.9. The number of aromatic nitrogens is 5. The summed E-state index contributed by atoms with van der Waals surface area (Å²) in [5, 5.41) is 17.9. The van der Waals surface area contributed by atoms with Crippen molar-refractivity contribution in [1.29, 1.82) is 0 Å². The number of aryl methyl sites for hydroxylation is 1. The molecule has 8 heteroatoms. The molecule has 0 spiro atoms. The Morgan fingerprint density at radius 3 is 3.05 bits per heavy atom. The van der Waals surface area contributed by atoms with E-state index in [0.717, 1.165) is 18.8 Å². The van der Waals surface area contributed by atoms with Crippen LogP contribution in [0.25, 0.3) is 0 Å². The van der Waals surface area contributed by atoms with E-state index in [4.69, 9.17) is 0 Å². The number of carbonyl (C=O) groups excluding carboxylic acids is 1. The molecule has 0 atom stereocenters. The number of hydrogen-bond acceptors (Lipinski definition) is 5. The molecule has 3 rings (SSSR count). The van der Waals surface area contributed by atoms with Gasteiger partial charge in [0.25, 0.3) is 5.91 Å². The van der Waals surface area contributed by atoms with Gasteiger partial charge in [-0.05, 0) is 6.07 Å². The first-order valence-electron chi connectivity index (χ1n) is 6.11. The van der Waals surface area contributed by atoms with E-state index in [9.17, 15) is 4.79 Å². The Hall–Kier alpha value is -2.22. The van der Waals surface area contributed by atoms with Crippen LogP contribution in [0.4, 0.5) is 0 Å². The lowest BCUT2D eigenvalue weighted by Gasteiger charge is -2.26. The Bertz CT molecular complexity index is 583. The number of amides is 1. The Kier molecular flexibility index (Phi) is 3.00. The second kappa shape index (κ2) is 4.81. The second-order valence-corrected chi connectivity index (χ2v) is 4.52. The van der Waals surface area contributed by atoms with Crippen LogP contribution in [-0.4, -0.2) is 43.8 Å². The molecule has 2 N–H and O–H groups in total. The van der Waals surface area contributed by atoms with Crippen LogP contribution in [0, 0.1) is 0 Å². The van der Waals surface area contributed by atoms with Crippen LogP contribution in [0.15, 0.2) is 18.5 Å². The molecule has 1 aliphatic rings. The van der Waals surface area contributed by atoms with Gasteiger partial charge in [0.1, 0.15) is 0 Å². The monoisotopic (exact) mass is 261 g/mol. The number of carbonyl (C=O) groups is 1. The summed E-state index contributed by atoms with van der Waals surface area (Å²) in [6.07, 6.45) is 3.38. The molecular weight excluding hydrogens is 246 g/mol. The van der Waals surface area contributed by atoms with Gasteiger partial charge in [-0.15, -0.1) is 5.10 Å². The first-order valence-corrected chi connectivity index (χ1v) is 6.11. The summed E-state index contributed by atoms with van der Waals surface area (Å²) in [5.41, 5.74) is 1.28. The van der Waals surface area contributed by atoms with Gasteiger partial charge >= 0.3 is 0 Å². The van der Waals surface area contributed by atoms with Crippen molar-refractivity contribution in [2.75, 3.05) is 13.1 Å². The molecule has 0 radical (unpaired) electrons. The molecule has 1 aliphatic heterocycles. The Labute approximate surface area is 109 Å². The summed E-state index contributed by atoms with van der Waals surface area (Å²) in [6, 6.07) is 2.17. The molecule has 1 saturated heterocycles. The maximum absolute atomic E-state index is 11.9. The third-order valence-electron chi connectivity index (χ3n) is 3.23. The highest BCUT2D eigenvalue weighted by atomic mass is 16.2. The predicted octanol–water partition coefficient (Wildman–Crippen LogP) is -0.914. The molecule has 1 amide bonds. The number of hydrogen-bond donors (Lipinski definition) is 2. The largest absolute Gasteiger partial charge is 0.345 e. The molecular formula is C11H15N7O. The van der Waals surface area contributed by atoms with Crippen molar-refractivity contribution in [3.63, 3.8) is 0 Å². The van der Waals surface area contributed by atoms with E-state index in [1.165, 1.54) is 0 Å². The average molecular weight is 261 g/mol. The van der Waals surface area contributed by atoms with Crippen molar-refractivity contribution in [2.24, 2.45) is 7.05 Å². The fourth-order valence-electron chi connectivity index (χ4n) is 1.86. The lowest BCUT2D eigenvalue weighted by Crippen LogP contribution is -2.43. The Balaban J connectivity index is 1.60. The topological polar surface area (TPSA) is 89.7 Å². The molecule has 0 bridgehead atoms. The Morgan fingerprint density at radius 1 is 1.58 bits per heavy atom. The van der Waals surface area contributed by atoms with Crippen LogP contribution in [0.3, 0.4) is 0 Å². The number of rotatable bonds is 4. The zero-order chi connectivity index (χ0) is 13.2. The lowest BCUT2D eigenvalue weighted by atomic mass is 10.2. The minimum Gasteiger partial charge on any atom is -0.345 e. The molecule has 0 aromatic carbocycles. The highest BCUT2D eigenvalue weighted by molar-refractivity contribution is 5.91. The van der Waals surface area contributed by atoms with Gasteiger partial charge in [-0.25, -0.2) is 4.68 Å². The first kappa shape index (κ1) is 11.8. The zero-order valence-corrected chi connectivity index (χ0v) is 10.6. The maximum Gasteiger partial charge on any atom is 0.273 e. The van der Waals surface area contributed by atoms with Crippen molar-refractivity contribution in [1.82, 2.24) is 35.4 Å². The second-order valence-electron chi connectivity index (χ2n) is 4.52. The average Bonchev–Trinajstić information content (AvgIpc) is 2.94. The van der Waals surface area contributed by atoms with E-state index in [-0.39, 0.29) is 5.91 Å². The van der Waals surface area contributed by atoms with Gasteiger partial charge in [0.15, 0.2) is 5.69 Å². The summed E-state index contributed by atoms with van der Waals surface area (Å²) in [6.45, 7) is 2.17. The summed E-state index contributed by atoms with van der Waals surface area (Å²) in [4.78, 5) is 11.9. The molecule has 0 saturated carbocycles. The molecule has 2 aromatic heterocycles. The molecule has 0 unspecified atom stereocenters. The van der Waals surface area contributed by atoms with Gasteiger partial charge in [-0.2, -0.15) is 5.10 Å². The third-order valence-corrected chi connectivity index (χ3v) is 3.23. The van der Waals surface area contributed by atoms with Gasteiger partial charge in [0, 0.05) is 26.3 Å². The van der Waals surface area contributed by atoms with Crippen molar-refractivity contribution in [3.8, 4) is 0 Å². The first-order chi connectivity index (χ1) is 9.24. The van der Waals surface area contributed by atoms with E-state index in [0.29, 0.717) is 18.3 Å². The Morgan fingerprint density at radius 2 is 2.42 bits per heavy atom. The number of nitrogens with one attached hydrogen (secondary N) is 2. The van der Waals surface area contributed by atoms with Crippen molar-refractivity contribution >= 4 is 5.91 Å².